The first kappa shape index (κ1) is 13.8. The highest BCUT2D eigenvalue weighted by Crippen LogP contribution is 2.13. The third kappa shape index (κ3) is 4.59. The highest BCUT2D eigenvalue weighted by atomic mass is 32.2. The average molecular weight is 249 g/mol. The van der Waals surface area contributed by atoms with Crippen LogP contribution < -0.4 is 0 Å². The summed E-state index contributed by atoms with van der Waals surface area (Å²) in [5.41, 5.74) is 0.649. The predicted octanol–water partition coefficient (Wildman–Crippen LogP) is 2.69. The fraction of sp³-hybridized carbons (Fsp3) is 0.385. The molecular formula is C13H15NO2S. The molecule has 0 saturated carbocycles. The first-order valence-corrected chi connectivity index (χ1v) is 7.04. The molecule has 4 heteroatoms. The van der Waals surface area contributed by atoms with Crippen LogP contribution in [0.5, 0.6) is 0 Å². The Bertz CT molecular complexity index is 406. The average Bonchev–Trinajstić information content (AvgIpc) is 2.34. The second-order valence-corrected chi connectivity index (χ2v) is 5.15. The first-order chi connectivity index (χ1) is 8.15. The van der Waals surface area contributed by atoms with E-state index in [2.05, 4.69) is 6.07 Å². The van der Waals surface area contributed by atoms with Gasteiger partial charge in [0, 0.05) is 18.4 Å². The van der Waals surface area contributed by atoms with Crippen molar-refractivity contribution in [1.82, 2.24) is 0 Å². The Labute approximate surface area is 105 Å². The molecule has 0 amide bonds. The Kier molecular flexibility index (Phi) is 5.75. The van der Waals surface area contributed by atoms with Gasteiger partial charge in [0.25, 0.3) is 0 Å². The smallest absolute Gasteiger partial charge is 0.162 e. The second kappa shape index (κ2) is 7.10. The Balaban J connectivity index is 2.49. The molecule has 0 saturated heterocycles. The molecule has 0 aliphatic heterocycles. The molecule has 0 aliphatic carbocycles. The van der Waals surface area contributed by atoms with Gasteiger partial charge in [0.05, 0.1) is 6.07 Å². The van der Waals surface area contributed by atoms with Gasteiger partial charge in [-0.05, 0) is 48.3 Å². The largest absolute Gasteiger partial charge is 0.612 e. The van der Waals surface area contributed by atoms with E-state index in [1.54, 1.807) is 30.5 Å². The lowest BCUT2D eigenvalue weighted by Gasteiger charge is -2.05. The number of rotatable bonds is 6. The topological polar surface area (TPSA) is 63.9 Å². The van der Waals surface area contributed by atoms with Crippen LogP contribution in [-0.2, 0) is 11.2 Å². The van der Waals surface area contributed by atoms with Gasteiger partial charge in [-0.2, -0.15) is 5.26 Å². The number of benzene rings is 1. The number of hydrogen-bond acceptors (Lipinski definition) is 3. The summed E-state index contributed by atoms with van der Waals surface area (Å²) in [6, 6.07) is 8.92. The summed E-state index contributed by atoms with van der Waals surface area (Å²) in [6.07, 6.45) is 4.09. The molecule has 90 valence electrons. The van der Waals surface area contributed by atoms with Crippen LogP contribution in [0.25, 0.3) is 0 Å². The van der Waals surface area contributed by atoms with Crippen LogP contribution in [0.2, 0.25) is 0 Å². The lowest BCUT2D eigenvalue weighted by atomic mass is 10.1. The van der Waals surface area contributed by atoms with Gasteiger partial charge in [0.15, 0.2) is 10.7 Å². The van der Waals surface area contributed by atoms with Crippen molar-refractivity contribution >= 4 is 17.0 Å². The summed E-state index contributed by atoms with van der Waals surface area (Å²) in [5.74, 6) is 0.0800. The van der Waals surface area contributed by atoms with Crippen molar-refractivity contribution in [3.63, 3.8) is 0 Å². The van der Waals surface area contributed by atoms with Gasteiger partial charge < -0.3 is 4.55 Å². The van der Waals surface area contributed by atoms with Crippen molar-refractivity contribution in [3.05, 3.63) is 29.8 Å². The highest BCUT2D eigenvalue weighted by Gasteiger charge is 2.08. The lowest BCUT2D eigenvalue weighted by molar-refractivity contribution is 0.0979. The molecule has 0 bridgehead atoms. The van der Waals surface area contributed by atoms with E-state index in [-0.39, 0.29) is 5.78 Å². The quantitative estimate of drug-likeness (QED) is 0.442. The molecule has 0 heterocycles. The second-order valence-electron chi connectivity index (χ2n) is 3.77. The standard InChI is InChI=1S/C13H15NO2S/c1-17(16)12-8-6-11(7-9-12)13(15)5-3-2-4-10-14/h6-9H,2-5H2,1H3. The molecule has 0 aromatic heterocycles. The zero-order valence-corrected chi connectivity index (χ0v) is 10.6. The SMILES string of the molecule is C[S+]([O-])c1ccc(C(=O)CCCCC#N)cc1. The van der Waals surface area contributed by atoms with Crippen LogP contribution in [-0.4, -0.2) is 16.6 Å². The molecule has 1 unspecified atom stereocenters. The Hall–Kier alpha value is -1.31. The maximum absolute atomic E-state index is 11.7. The van der Waals surface area contributed by atoms with E-state index in [4.69, 9.17) is 5.26 Å². The summed E-state index contributed by atoms with van der Waals surface area (Å²) in [6.45, 7) is 0. The van der Waals surface area contributed by atoms with Gasteiger partial charge in [-0.15, -0.1) is 0 Å². The number of carbonyl (C=O) groups excluding carboxylic acids is 1. The Morgan fingerprint density at radius 3 is 2.53 bits per heavy atom. The van der Waals surface area contributed by atoms with E-state index in [0.29, 0.717) is 18.4 Å². The van der Waals surface area contributed by atoms with Crippen LogP contribution in [0.15, 0.2) is 29.2 Å². The van der Waals surface area contributed by atoms with E-state index < -0.39 is 11.2 Å². The fourth-order valence-electron chi connectivity index (χ4n) is 1.47. The number of carbonyl (C=O) groups is 1. The van der Waals surface area contributed by atoms with Crippen molar-refractivity contribution in [2.75, 3.05) is 6.26 Å². The van der Waals surface area contributed by atoms with E-state index in [0.717, 1.165) is 17.7 Å². The van der Waals surface area contributed by atoms with Gasteiger partial charge in [-0.3, -0.25) is 4.79 Å². The van der Waals surface area contributed by atoms with Gasteiger partial charge in [-0.1, -0.05) is 0 Å². The third-order valence-corrected chi connectivity index (χ3v) is 3.39. The maximum atomic E-state index is 11.7. The Morgan fingerprint density at radius 1 is 1.35 bits per heavy atom. The monoisotopic (exact) mass is 249 g/mol. The van der Waals surface area contributed by atoms with Gasteiger partial charge in [-0.25, -0.2) is 0 Å². The Morgan fingerprint density at radius 2 is 2.00 bits per heavy atom. The zero-order chi connectivity index (χ0) is 12.7. The summed E-state index contributed by atoms with van der Waals surface area (Å²) >= 11 is -1.01. The summed E-state index contributed by atoms with van der Waals surface area (Å²) in [4.78, 5) is 12.5. The number of ketones is 1. The van der Waals surface area contributed by atoms with Gasteiger partial charge >= 0.3 is 0 Å². The van der Waals surface area contributed by atoms with E-state index in [1.807, 2.05) is 0 Å². The van der Waals surface area contributed by atoms with Crippen LogP contribution in [0, 0.1) is 11.3 Å². The number of nitrogens with zero attached hydrogens (tertiary/aromatic N) is 1. The van der Waals surface area contributed by atoms with Crippen molar-refractivity contribution in [2.24, 2.45) is 0 Å². The van der Waals surface area contributed by atoms with E-state index >= 15 is 0 Å². The lowest BCUT2D eigenvalue weighted by Crippen LogP contribution is -2.01. The van der Waals surface area contributed by atoms with E-state index in [1.165, 1.54) is 0 Å². The number of Topliss-reactive ketones (excluding diaryl/α,β-unsaturated/α-hetero) is 1. The molecule has 0 aliphatic rings. The molecule has 0 N–H and O–H groups in total. The molecule has 0 fully saturated rings. The first-order valence-electron chi connectivity index (χ1n) is 5.49. The predicted molar refractivity (Wildman–Crippen MR) is 67.2 cm³/mol. The molecule has 1 aromatic carbocycles. The molecule has 1 aromatic rings. The van der Waals surface area contributed by atoms with Crippen molar-refractivity contribution in [1.29, 1.82) is 5.26 Å². The number of unbranched alkanes of at least 4 members (excludes halogenated alkanes) is 2. The molecular weight excluding hydrogens is 234 g/mol. The molecule has 1 atom stereocenters. The summed E-state index contributed by atoms with van der Waals surface area (Å²) < 4.78 is 11.2. The highest BCUT2D eigenvalue weighted by molar-refractivity contribution is 7.90. The number of hydrogen-bond donors (Lipinski definition) is 0. The minimum absolute atomic E-state index is 0.0800. The third-order valence-electron chi connectivity index (χ3n) is 2.45. The maximum Gasteiger partial charge on any atom is 0.162 e. The summed E-state index contributed by atoms with van der Waals surface area (Å²) in [5, 5.41) is 8.37. The van der Waals surface area contributed by atoms with Crippen molar-refractivity contribution in [2.45, 2.75) is 30.6 Å². The molecule has 0 spiro atoms. The van der Waals surface area contributed by atoms with Crippen LogP contribution in [0.3, 0.4) is 0 Å². The fourth-order valence-corrected chi connectivity index (χ4v) is 1.99. The molecule has 3 nitrogen and oxygen atoms in total. The van der Waals surface area contributed by atoms with Crippen LogP contribution in [0.4, 0.5) is 0 Å². The minimum Gasteiger partial charge on any atom is -0.612 e. The minimum atomic E-state index is -1.01. The molecule has 17 heavy (non-hydrogen) atoms. The van der Waals surface area contributed by atoms with E-state index in [9.17, 15) is 9.35 Å². The molecule has 0 radical (unpaired) electrons. The molecule has 1 rings (SSSR count). The van der Waals surface area contributed by atoms with Crippen LogP contribution in [0.1, 0.15) is 36.0 Å². The van der Waals surface area contributed by atoms with Crippen molar-refractivity contribution in [3.8, 4) is 6.07 Å². The zero-order valence-electron chi connectivity index (χ0n) is 9.81. The van der Waals surface area contributed by atoms with Crippen molar-refractivity contribution < 1.29 is 9.35 Å². The van der Waals surface area contributed by atoms with Gasteiger partial charge in [0.1, 0.15) is 6.26 Å². The normalized spacial score (nSPS) is 11.8. The van der Waals surface area contributed by atoms with Gasteiger partial charge in [0.2, 0.25) is 0 Å². The number of nitriles is 1. The van der Waals surface area contributed by atoms with Crippen LogP contribution >= 0.6 is 0 Å². The summed E-state index contributed by atoms with van der Waals surface area (Å²) in [7, 11) is 0.